The third-order valence-electron chi connectivity index (χ3n) is 5.71. The number of nitrogens with one attached hydrogen (secondary N) is 1. The van der Waals surface area contributed by atoms with E-state index in [1.165, 1.54) is 51.4 Å². The highest BCUT2D eigenvalue weighted by molar-refractivity contribution is 5.78. The first-order chi connectivity index (χ1) is 11.3. The standard InChI is InChI=1S/C19H28N2O2/c22-18(20-19(14-7-8-14)15-9-10-15)13-21(16-4-1-2-5-16)12-17-6-3-11-23-17/h3,6,11,14-16,19H,1-2,4-5,7-10,12-13H2,(H,20,22). The lowest BCUT2D eigenvalue weighted by Gasteiger charge is -2.28. The van der Waals surface area contributed by atoms with Crippen LogP contribution in [-0.2, 0) is 11.3 Å². The van der Waals surface area contributed by atoms with E-state index in [1.807, 2.05) is 12.1 Å². The van der Waals surface area contributed by atoms with E-state index >= 15 is 0 Å². The number of hydrogen-bond acceptors (Lipinski definition) is 3. The van der Waals surface area contributed by atoms with Crippen molar-refractivity contribution in [1.29, 1.82) is 0 Å². The van der Waals surface area contributed by atoms with Crippen molar-refractivity contribution in [2.45, 2.75) is 70.0 Å². The van der Waals surface area contributed by atoms with Gasteiger partial charge in [0.15, 0.2) is 0 Å². The molecule has 3 aliphatic carbocycles. The Morgan fingerprint density at radius 2 is 1.87 bits per heavy atom. The summed E-state index contributed by atoms with van der Waals surface area (Å²) < 4.78 is 5.51. The maximum atomic E-state index is 12.6. The molecule has 3 saturated carbocycles. The molecule has 3 aliphatic rings. The summed E-state index contributed by atoms with van der Waals surface area (Å²) >= 11 is 0. The van der Waals surface area contributed by atoms with Gasteiger partial charge in [0.1, 0.15) is 5.76 Å². The van der Waals surface area contributed by atoms with Gasteiger partial charge < -0.3 is 9.73 Å². The highest BCUT2D eigenvalue weighted by Gasteiger charge is 2.42. The van der Waals surface area contributed by atoms with E-state index in [0.29, 0.717) is 18.6 Å². The normalized spacial score (nSPS) is 22.2. The molecule has 1 N–H and O–H groups in total. The van der Waals surface area contributed by atoms with E-state index in [9.17, 15) is 4.79 Å². The Balaban J connectivity index is 1.36. The molecule has 0 bridgehead atoms. The molecule has 0 aliphatic heterocycles. The van der Waals surface area contributed by atoms with Gasteiger partial charge in [-0.15, -0.1) is 0 Å². The van der Waals surface area contributed by atoms with Crippen molar-refractivity contribution in [3.63, 3.8) is 0 Å². The highest BCUT2D eigenvalue weighted by Crippen LogP contribution is 2.44. The Hall–Kier alpha value is -1.29. The van der Waals surface area contributed by atoms with Crippen molar-refractivity contribution >= 4 is 5.91 Å². The first kappa shape index (κ1) is 15.3. The second-order valence-electron chi connectivity index (χ2n) is 7.69. The molecule has 23 heavy (non-hydrogen) atoms. The summed E-state index contributed by atoms with van der Waals surface area (Å²) in [6.07, 6.45) is 11.9. The van der Waals surface area contributed by atoms with Crippen LogP contribution in [0.4, 0.5) is 0 Å². The van der Waals surface area contributed by atoms with Crippen molar-refractivity contribution in [2.75, 3.05) is 6.54 Å². The minimum Gasteiger partial charge on any atom is -0.468 e. The quantitative estimate of drug-likeness (QED) is 0.800. The maximum absolute atomic E-state index is 12.6. The molecule has 4 nitrogen and oxygen atoms in total. The second-order valence-corrected chi connectivity index (χ2v) is 7.69. The smallest absolute Gasteiger partial charge is 0.234 e. The van der Waals surface area contributed by atoms with Crippen LogP contribution in [-0.4, -0.2) is 29.4 Å². The van der Waals surface area contributed by atoms with Gasteiger partial charge in [-0.2, -0.15) is 0 Å². The minimum absolute atomic E-state index is 0.215. The van der Waals surface area contributed by atoms with Crippen molar-refractivity contribution in [1.82, 2.24) is 10.2 Å². The predicted molar refractivity (Wildman–Crippen MR) is 88.8 cm³/mol. The van der Waals surface area contributed by atoms with Crippen LogP contribution in [0.15, 0.2) is 22.8 Å². The zero-order chi connectivity index (χ0) is 15.6. The number of furan rings is 1. The summed E-state index contributed by atoms with van der Waals surface area (Å²) in [6, 6.07) is 4.93. The molecule has 0 aromatic carbocycles. The number of carbonyl (C=O) groups is 1. The summed E-state index contributed by atoms with van der Waals surface area (Å²) in [4.78, 5) is 15.0. The molecule has 0 atom stereocenters. The lowest BCUT2D eigenvalue weighted by molar-refractivity contribution is -0.124. The monoisotopic (exact) mass is 316 g/mol. The van der Waals surface area contributed by atoms with Crippen LogP contribution in [0.1, 0.15) is 57.1 Å². The molecular formula is C19H28N2O2. The molecular weight excluding hydrogens is 288 g/mol. The highest BCUT2D eigenvalue weighted by atomic mass is 16.3. The molecule has 0 unspecified atom stereocenters. The van der Waals surface area contributed by atoms with Gasteiger partial charge in [0, 0.05) is 12.1 Å². The number of hydrogen-bond donors (Lipinski definition) is 1. The van der Waals surface area contributed by atoms with E-state index in [1.54, 1.807) is 6.26 Å². The van der Waals surface area contributed by atoms with Gasteiger partial charge in [0.2, 0.25) is 5.91 Å². The Bertz CT molecular complexity index is 501. The number of nitrogens with zero attached hydrogens (tertiary/aromatic N) is 1. The number of rotatable bonds is 8. The summed E-state index contributed by atoms with van der Waals surface area (Å²) in [6.45, 7) is 1.27. The average Bonchev–Trinajstić information content (AvgIpc) is 3.46. The van der Waals surface area contributed by atoms with Gasteiger partial charge in [-0.05, 0) is 62.5 Å². The van der Waals surface area contributed by atoms with Crippen molar-refractivity contribution in [3.8, 4) is 0 Å². The fraction of sp³-hybridized carbons (Fsp3) is 0.737. The van der Waals surface area contributed by atoms with Gasteiger partial charge >= 0.3 is 0 Å². The zero-order valence-electron chi connectivity index (χ0n) is 13.9. The summed E-state index contributed by atoms with van der Waals surface area (Å²) in [5, 5.41) is 3.36. The van der Waals surface area contributed by atoms with Crippen LogP contribution in [0.2, 0.25) is 0 Å². The van der Waals surface area contributed by atoms with Gasteiger partial charge in [0.05, 0.1) is 19.4 Å². The third kappa shape index (κ3) is 3.97. The molecule has 1 aromatic heterocycles. The average molecular weight is 316 g/mol. The van der Waals surface area contributed by atoms with Gasteiger partial charge in [0.25, 0.3) is 0 Å². The van der Waals surface area contributed by atoms with Gasteiger partial charge in [-0.1, -0.05) is 12.8 Å². The van der Waals surface area contributed by atoms with E-state index in [2.05, 4.69) is 10.2 Å². The fourth-order valence-electron chi connectivity index (χ4n) is 4.13. The number of carbonyl (C=O) groups excluding carboxylic acids is 1. The predicted octanol–water partition coefficient (Wildman–Crippen LogP) is 3.33. The van der Waals surface area contributed by atoms with Crippen molar-refractivity contribution < 1.29 is 9.21 Å². The topological polar surface area (TPSA) is 45.5 Å². The van der Waals surface area contributed by atoms with Crippen LogP contribution >= 0.6 is 0 Å². The Morgan fingerprint density at radius 3 is 2.43 bits per heavy atom. The van der Waals surface area contributed by atoms with Gasteiger partial charge in [-0.3, -0.25) is 9.69 Å². The van der Waals surface area contributed by atoms with Crippen molar-refractivity contribution in [2.24, 2.45) is 11.8 Å². The Labute approximate surface area is 138 Å². The minimum atomic E-state index is 0.215. The molecule has 0 spiro atoms. The molecule has 126 valence electrons. The zero-order valence-corrected chi connectivity index (χ0v) is 13.9. The maximum Gasteiger partial charge on any atom is 0.234 e. The molecule has 1 heterocycles. The van der Waals surface area contributed by atoms with Crippen molar-refractivity contribution in [3.05, 3.63) is 24.2 Å². The fourth-order valence-corrected chi connectivity index (χ4v) is 4.13. The first-order valence-corrected chi connectivity index (χ1v) is 9.35. The van der Waals surface area contributed by atoms with Crippen LogP contribution in [0.25, 0.3) is 0 Å². The van der Waals surface area contributed by atoms with E-state index in [4.69, 9.17) is 4.42 Å². The van der Waals surface area contributed by atoms with Crippen LogP contribution in [0.5, 0.6) is 0 Å². The summed E-state index contributed by atoms with van der Waals surface area (Å²) in [5.74, 6) is 2.70. The molecule has 0 saturated heterocycles. The summed E-state index contributed by atoms with van der Waals surface area (Å²) in [7, 11) is 0. The lowest BCUT2D eigenvalue weighted by atomic mass is 10.1. The Kier molecular flexibility index (Phi) is 4.43. The molecule has 1 amide bonds. The van der Waals surface area contributed by atoms with Crippen LogP contribution < -0.4 is 5.32 Å². The summed E-state index contributed by atoms with van der Waals surface area (Å²) in [5.41, 5.74) is 0. The number of amides is 1. The molecule has 4 heteroatoms. The third-order valence-corrected chi connectivity index (χ3v) is 5.71. The van der Waals surface area contributed by atoms with E-state index in [0.717, 1.165) is 24.1 Å². The van der Waals surface area contributed by atoms with Crippen LogP contribution in [0, 0.1) is 11.8 Å². The lowest BCUT2D eigenvalue weighted by Crippen LogP contribution is -2.46. The molecule has 0 radical (unpaired) electrons. The molecule has 4 rings (SSSR count). The SMILES string of the molecule is O=C(CN(Cc1ccco1)C1CCCC1)NC(C1CC1)C1CC1. The molecule has 1 aromatic rings. The first-order valence-electron chi connectivity index (χ1n) is 9.35. The van der Waals surface area contributed by atoms with E-state index in [-0.39, 0.29) is 5.91 Å². The van der Waals surface area contributed by atoms with E-state index < -0.39 is 0 Å². The molecule has 3 fully saturated rings. The largest absolute Gasteiger partial charge is 0.468 e. The van der Waals surface area contributed by atoms with Crippen LogP contribution in [0.3, 0.4) is 0 Å². The second kappa shape index (κ2) is 6.68. The van der Waals surface area contributed by atoms with Gasteiger partial charge in [-0.25, -0.2) is 0 Å². The Morgan fingerprint density at radius 1 is 1.17 bits per heavy atom.